The molecule has 0 nitrogen and oxygen atoms in total. The first-order chi connectivity index (χ1) is 3.63. The van der Waals surface area contributed by atoms with Crippen LogP contribution in [-0.2, 0) is 0 Å². The molecule has 0 fully saturated rings. The second kappa shape index (κ2) is 3.71. The van der Waals surface area contributed by atoms with Crippen molar-refractivity contribution >= 4 is 0 Å². The van der Waals surface area contributed by atoms with Gasteiger partial charge in [-0.15, -0.1) is 0 Å². The summed E-state index contributed by atoms with van der Waals surface area (Å²) in [7, 11) is 0. The highest BCUT2D eigenvalue weighted by atomic mass is 13.9. The van der Waals surface area contributed by atoms with Crippen LogP contribution in [0.2, 0.25) is 0 Å². The van der Waals surface area contributed by atoms with Crippen LogP contribution >= 0.6 is 0 Å². The Bertz CT molecular complexity index is 58.1. The lowest BCUT2D eigenvalue weighted by molar-refractivity contribution is 0.780. The van der Waals surface area contributed by atoms with Crippen molar-refractivity contribution in [3.63, 3.8) is 0 Å². The minimum atomic E-state index is 0.706. The molecule has 0 N–H and O–H groups in total. The molecule has 0 amide bonds. The third-order valence-electron chi connectivity index (χ3n) is 0.881. The average Bonchev–Trinajstić information content (AvgIpc) is 1.61. The van der Waals surface area contributed by atoms with E-state index in [4.69, 9.17) is 0 Å². The summed E-state index contributed by atoms with van der Waals surface area (Å²) in [6.07, 6.45) is 4.48. The van der Waals surface area contributed by atoms with Gasteiger partial charge in [-0.1, -0.05) is 39.8 Å². The minimum Gasteiger partial charge on any atom is -0.0857 e. The number of allylic oxidation sites excluding steroid dienone is 2. The fraction of sp³-hybridized carbons (Fsp3) is 0.750. The van der Waals surface area contributed by atoms with Gasteiger partial charge in [-0.2, -0.15) is 0 Å². The van der Waals surface area contributed by atoms with Crippen LogP contribution in [0.25, 0.3) is 0 Å². The summed E-state index contributed by atoms with van der Waals surface area (Å²) in [5.74, 6) is 1.41. The highest BCUT2D eigenvalue weighted by Gasteiger charge is 1.85. The first-order valence-corrected chi connectivity index (χ1v) is 3.31. The van der Waals surface area contributed by atoms with Crippen LogP contribution in [-0.4, -0.2) is 0 Å². The summed E-state index contributed by atoms with van der Waals surface area (Å²) in [5, 5.41) is 0. The molecule has 0 heterocycles. The molecule has 48 valence electrons. The van der Waals surface area contributed by atoms with Gasteiger partial charge >= 0.3 is 0 Å². The molecule has 0 unspecified atom stereocenters. The molecule has 0 bridgehead atoms. The Hall–Kier alpha value is -0.260. The van der Waals surface area contributed by atoms with Gasteiger partial charge in [0, 0.05) is 0 Å². The van der Waals surface area contributed by atoms with Gasteiger partial charge in [-0.25, -0.2) is 0 Å². The lowest BCUT2D eigenvalue weighted by Gasteiger charge is -1.95. The van der Waals surface area contributed by atoms with Gasteiger partial charge in [-0.3, -0.25) is 0 Å². The predicted octanol–water partition coefficient (Wildman–Crippen LogP) is 2.85. The van der Waals surface area contributed by atoms with Crippen molar-refractivity contribution in [2.75, 3.05) is 0 Å². The average molecular weight is 112 g/mol. The van der Waals surface area contributed by atoms with Crippen LogP contribution in [0.5, 0.6) is 0 Å². The van der Waals surface area contributed by atoms with Gasteiger partial charge in [0.05, 0.1) is 0 Å². The van der Waals surface area contributed by atoms with Crippen molar-refractivity contribution in [2.45, 2.75) is 27.7 Å². The lowest BCUT2D eigenvalue weighted by Crippen LogP contribution is -1.81. The second-order valence-electron chi connectivity index (χ2n) is 2.87. The lowest BCUT2D eigenvalue weighted by atomic mass is 10.1. The molecule has 0 aromatic carbocycles. The first kappa shape index (κ1) is 7.74. The Labute approximate surface area is 52.6 Å². The summed E-state index contributed by atoms with van der Waals surface area (Å²) in [4.78, 5) is 0. The van der Waals surface area contributed by atoms with E-state index in [1.54, 1.807) is 0 Å². The molecule has 0 saturated heterocycles. The van der Waals surface area contributed by atoms with E-state index < -0.39 is 0 Å². The maximum Gasteiger partial charge on any atom is -0.0290 e. The third-order valence-corrected chi connectivity index (χ3v) is 0.881. The first-order valence-electron chi connectivity index (χ1n) is 3.31. The molecule has 0 radical (unpaired) electrons. The van der Waals surface area contributed by atoms with E-state index in [0.29, 0.717) is 11.8 Å². The molecule has 0 saturated carbocycles. The van der Waals surface area contributed by atoms with E-state index in [2.05, 4.69) is 39.8 Å². The Morgan fingerprint density at radius 2 is 1.00 bits per heavy atom. The summed E-state index contributed by atoms with van der Waals surface area (Å²) in [6.45, 7) is 8.77. The molecule has 0 spiro atoms. The zero-order chi connectivity index (χ0) is 6.57. The Morgan fingerprint density at radius 1 is 0.750 bits per heavy atom. The van der Waals surface area contributed by atoms with Crippen molar-refractivity contribution in [3.8, 4) is 0 Å². The monoisotopic (exact) mass is 112 g/mol. The quantitative estimate of drug-likeness (QED) is 0.482. The Balaban J connectivity index is 3.34. The van der Waals surface area contributed by atoms with Crippen LogP contribution < -0.4 is 0 Å². The van der Waals surface area contributed by atoms with E-state index >= 15 is 0 Å². The van der Waals surface area contributed by atoms with Gasteiger partial charge in [0.1, 0.15) is 0 Å². The van der Waals surface area contributed by atoms with E-state index in [-0.39, 0.29) is 0 Å². The van der Waals surface area contributed by atoms with Crippen LogP contribution in [0.4, 0.5) is 0 Å². The van der Waals surface area contributed by atoms with E-state index in [9.17, 15) is 0 Å². The largest absolute Gasteiger partial charge is 0.0857 e. The fourth-order valence-corrected chi connectivity index (χ4v) is 0.444. The molecular formula is C8H16. The number of hydrogen-bond acceptors (Lipinski definition) is 0. The maximum absolute atomic E-state index is 2.24. The van der Waals surface area contributed by atoms with Crippen molar-refractivity contribution in [2.24, 2.45) is 11.8 Å². The van der Waals surface area contributed by atoms with Gasteiger partial charge in [-0.05, 0) is 11.8 Å². The van der Waals surface area contributed by atoms with Crippen LogP contribution in [0, 0.1) is 11.8 Å². The molecule has 8 heavy (non-hydrogen) atoms. The highest BCUT2D eigenvalue weighted by Crippen LogP contribution is 1.99. The van der Waals surface area contributed by atoms with E-state index in [1.165, 1.54) is 0 Å². The standard InChI is InChI=1S/C8H16/c1-7(2)5-6-8(3)4/h5-8H,1-4H3/b6-5+. The zero-order valence-electron chi connectivity index (χ0n) is 6.31. The van der Waals surface area contributed by atoms with Gasteiger partial charge < -0.3 is 0 Å². The molecule has 0 rings (SSSR count). The third kappa shape index (κ3) is 5.74. The molecule has 0 heteroatoms. The van der Waals surface area contributed by atoms with Gasteiger partial charge in [0.15, 0.2) is 0 Å². The molecule has 0 aromatic rings. The Morgan fingerprint density at radius 3 is 1.12 bits per heavy atom. The smallest absolute Gasteiger partial charge is 0.0290 e. The summed E-state index contributed by atoms with van der Waals surface area (Å²) >= 11 is 0. The highest BCUT2D eigenvalue weighted by molar-refractivity contribution is 4.86. The zero-order valence-corrected chi connectivity index (χ0v) is 6.31. The Kier molecular flexibility index (Phi) is 3.59. The normalized spacial score (nSPS) is 12.2. The van der Waals surface area contributed by atoms with Crippen molar-refractivity contribution in [1.29, 1.82) is 0 Å². The number of hydrogen-bond donors (Lipinski definition) is 0. The molecule has 0 aliphatic rings. The van der Waals surface area contributed by atoms with E-state index in [0.717, 1.165) is 0 Å². The molecule has 0 aromatic heterocycles. The van der Waals surface area contributed by atoms with Crippen LogP contribution in [0.3, 0.4) is 0 Å². The van der Waals surface area contributed by atoms with Crippen LogP contribution in [0.1, 0.15) is 27.7 Å². The molecule has 0 aliphatic carbocycles. The molecular weight excluding hydrogens is 96.1 g/mol. The summed E-state index contributed by atoms with van der Waals surface area (Å²) < 4.78 is 0. The predicted molar refractivity (Wildman–Crippen MR) is 38.8 cm³/mol. The fourth-order valence-electron chi connectivity index (χ4n) is 0.444. The van der Waals surface area contributed by atoms with Crippen molar-refractivity contribution < 1.29 is 0 Å². The van der Waals surface area contributed by atoms with Crippen LogP contribution in [0.15, 0.2) is 12.2 Å². The summed E-state index contributed by atoms with van der Waals surface area (Å²) in [6, 6.07) is 0. The SMILES string of the molecule is CC(C)/C=C/C(C)C. The van der Waals surface area contributed by atoms with Gasteiger partial charge in [0.25, 0.3) is 0 Å². The molecule has 0 atom stereocenters. The number of rotatable bonds is 2. The topological polar surface area (TPSA) is 0 Å². The minimum absolute atomic E-state index is 0.706. The maximum atomic E-state index is 2.24. The summed E-state index contributed by atoms with van der Waals surface area (Å²) in [5.41, 5.74) is 0. The molecule has 0 aliphatic heterocycles. The van der Waals surface area contributed by atoms with Crippen molar-refractivity contribution in [1.82, 2.24) is 0 Å². The van der Waals surface area contributed by atoms with Gasteiger partial charge in [0.2, 0.25) is 0 Å². The van der Waals surface area contributed by atoms with Crippen molar-refractivity contribution in [3.05, 3.63) is 12.2 Å². The second-order valence-corrected chi connectivity index (χ2v) is 2.87. The van der Waals surface area contributed by atoms with E-state index in [1.807, 2.05) is 0 Å².